The van der Waals surface area contributed by atoms with Crippen LogP contribution in [-0.4, -0.2) is 25.5 Å². The molecule has 1 N–H and O–H groups in total. The first-order valence-corrected chi connectivity index (χ1v) is 4.31. The Kier molecular flexibility index (Phi) is 5.11. The summed E-state index contributed by atoms with van der Waals surface area (Å²) in [6.07, 6.45) is -0.494. The predicted octanol–water partition coefficient (Wildman–Crippen LogP) is 1.20. The Bertz CT molecular complexity index is 189. The zero-order valence-corrected chi connectivity index (χ0v) is 8.59. The Labute approximate surface area is 78.6 Å². The molecule has 0 aliphatic carbocycles. The molecule has 4 nitrogen and oxygen atoms in total. The molecule has 0 aromatic heterocycles. The minimum absolute atomic E-state index is 0.0893. The molecular weight excluding hydrogens is 170 g/mol. The first-order chi connectivity index (χ1) is 5.99. The fourth-order valence-corrected chi connectivity index (χ4v) is 1.11. The Hall–Kier alpha value is -1.06. The number of hydrogen-bond donors (Lipinski definition) is 1. The van der Waals surface area contributed by atoms with Crippen LogP contribution >= 0.6 is 0 Å². The zero-order valence-electron chi connectivity index (χ0n) is 8.59. The Morgan fingerprint density at radius 2 is 1.92 bits per heavy atom. The van der Waals surface area contributed by atoms with Gasteiger partial charge in [0.1, 0.15) is 5.78 Å². The number of hydrogen-bond acceptors (Lipinski definition) is 3. The Morgan fingerprint density at radius 3 is 2.23 bits per heavy atom. The standard InChI is InChI=1S/C9H17NO3/c1-6(2)8(7(3)11)5-10-9(12)13-4/h6,8H,5H2,1-4H3,(H,10,12)/t8-/m0/s1. The third-order valence-electron chi connectivity index (χ3n) is 1.98. The number of ether oxygens (including phenoxy) is 1. The van der Waals surface area contributed by atoms with Crippen molar-refractivity contribution in [3.8, 4) is 0 Å². The first-order valence-electron chi connectivity index (χ1n) is 4.31. The molecular formula is C9H17NO3. The summed E-state index contributed by atoms with van der Waals surface area (Å²) in [6, 6.07) is 0. The maximum atomic E-state index is 11.1. The molecule has 0 radical (unpaired) electrons. The molecule has 13 heavy (non-hydrogen) atoms. The topological polar surface area (TPSA) is 55.4 Å². The molecule has 0 aliphatic rings. The largest absolute Gasteiger partial charge is 0.453 e. The third kappa shape index (κ3) is 4.50. The van der Waals surface area contributed by atoms with Gasteiger partial charge in [-0.15, -0.1) is 0 Å². The average Bonchev–Trinajstić information content (AvgIpc) is 2.03. The lowest BCUT2D eigenvalue weighted by Crippen LogP contribution is -2.34. The minimum Gasteiger partial charge on any atom is -0.453 e. The van der Waals surface area contributed by atoms with E-state index in [0.717, 1.165) is 0 Å². The van der Waals surface area contributed by atoms with Crippen molar-refractivity contribution in [2.24, 2.45) is 11.8 Å². The monoisotopic (exact) mass is 187 g/mol. The van der Waals surface area contributed by atoms with Gasteiger partial charge in [-0.25, -0.2) is 4.79 Å². The molecule has 0 aromatic carbocycles. The number of carbonyl (C=O) groups is 2. The highest BCUT2D eigenvalue weighted by Gasteiger charge is 2.18. The van der Waals surface area contributed by atoms with Crippen molar-refractivity contribution < 1.29 is 14.3 Å². The lowest BCUT2D eigenvalue weighted by molar-refractivity contribution is -0.121. The molecule has 1 atom stereocenters. The van der Waals surface area contributed by atoms with Crippen molar-refractivity contribution in [2.75, 3.05) is 13.7 Å². The van der Waals surface area contributed by atoms with Crippen LogP contribution in [-0.2, 0) is 9.53 Å². The molecule has 4 heteroatoms. The van der Waals surface area contributed by atoms with Gasteiger partial charge < -0.3 is 10.1 Å². The molecule has 0 saturated carbocycles. The van der Waals surface area contributed by atoms with Gasteiger partial charge in [0.2, 0.25) is 0 Å². The Morgan fingerprint density at radius 1 is 1.38 bits per heavy atom. The van der Waals surface area contributed by atoms with Crippen molar-refractivity contribution in [2.45, 2.75) is 20.8 Å². The molecule has 0 saturated heterocycles. The van der Waals surface area contributed by atoms with Crippen LogP contribution in [0.2, 0.25) is 0 Å². The second-order valence-electron chi connectivity index (χ2n) is 3.33. The van der Waals surface area contributed by atoms with Crippen LogP contribution in [0.5, 0.6) is 0 Å². The molecule has 0 aromatic rings. The second kappa shape index (κ2) is 5.56. The van der Waals surface area contributed by atoms with Gasteiger partial charge in [-0.2, -0.15) is 0 Å². The van der Waals surface area contributed by atoms with E-state index in [1.54, 1.807) is 0 Å². The van der Waals surface area contributed by atoms with Gasteiger partial charge in [0.05, 0.1) is 7.11 Å². The van der Waals surface area contributed by atoms with E-state index in [1.807, 2.05) is 13.8 Å². The fourth-order valence-electron chi connectivity index (χ4n) is 1.11. The summed E-state index contributed by atoms with van der Waals surface area (Å²) < 4.78 is 4.40. The van der Waals surface area contributed by atoms with Gasteiger partial charge in [0, 0.05) is 12.5 Å². The molecule has 0 unspecified atom stereocenters. The molecule has 0 heterocycles. The van der Waals surface area contributed by atoms with Gasteiger partial charge in [-0.05, 0) is 12.8 Å². The van der Waals surface area contributed by atoms with Crippen LogP contribution < -0.4 is 5.32 Å². The zero-order chi connectivity index (χ0) is 10.4. The van der Waals surface area contributed by atoms with Crippen molar-refractivity contribution in [3.05, 3.63) is 0 Å². The molecule has 0 rings (SSSR count). The van der Waals surface area contributed by atoms with Gasteiger partial charge >= 0.3 is 6.09 Å². The van der Waals surface area contributed by atoms with Crippen molar-refractivity contribution >= 4 is 11.9 Å². The van der Waals surface area contributed by atoms with Crippen LogP contribution in [0.25, 0.3) is 0 Å². The number of carbonyl (C=O) groups excluding carboxylic acids is 2. The van der Waals surface area contributed by atoms with E-state index in [-0.39, 0.29) is 17.6 Å². The lowest BCUT2D eigenvalue weighted by Gasteiger charge is -2.17. The van der Waals surface area contributed by atoms with Gasteiger partial charge in [0.25, 0.3) is 0 Å². The van der Waals surface area contributed by atoms with Gasteiger partial charge in [-0.1, -0.05) is 13.8 Å². The summed E-state index contributed by atoms with van der Waals surface area (Å²) in [5.41, 5.74) is 0. The van der Waals surface area contributed by atoms with Crippen LogP contribution in [0, 0.1) is 11.8 Å². The summed E-state index contributed by atoms with van der Waals surface area (Å²) in [7, 11) is 1.30. The molecule has 0 fully saturated rings. The summed E-state index contributed by atoms with van der Waals surface area (Å²) in [5, 5.41) is 2.51. The SMILES string of the molecule is COC(=O)NC[C@H](C(C)=O)C(C)C. The second-order valence-corrected chi connectivity index (χ2v) is 3.33. The van der Waals surface area contributed by atoms with Crippen LogP contribution in [0.4, 0.5) is 4.79 Å². The lowest BCUT2D eigenvalue weighted by atomic mass is 9.92. The smallest absolute Gasteiger partial charge is 0.406 e. The van der Waals surface area contributed by atoms with Crippen LogP contribution in [0.1, 0.15) is 20.8 Å². The summed E-state index contributed by atoms with van der Waals surface area (Å²) >= 11 is 0. The fraction of sp³-hybridized carbons (Fsp3) is 0.778. The van der Waals surface area contributed by atoms with Crippen molar-refractivity contribution in [1.82, 2.24) is 5.32 Å². The van der Waals surface area contributed by atoms with Crippen LogP contribution in [0.3, 0.4) is 0 Å². The maximum absolute atomic E-state index is 11.1. The summed E-state index contributed by atoms with van der Waals surface area (Å²) in [6.45, 7) is 5.78. The number of alkyl carbamates (subject to hydrolysis) is 1. The summed E-state index contributed by atoms with van der Waals surface area (Å²) in [5.74, 6) is 0.195. The number of nitrogens with one attached hydrogen (secondary N) is 1. The maximum Gasteiger partial charge on any atom is 0.406 e. The average molecular weight is 187 g/mol. The van der Waals surface area contributed by atoms with E-state index in [0.29, 0.717) is 6.54 Å². The number of ketones is 1. The van der Waals surface area contributed by atoms with E-state index in [9.17, 15) is 9.59 Å². The molecule has 0 spiro atoms. The molecule has 76 valence electrons. The normalized spacial score (nSPS) is 12.4. The number of Topliss-reactive ketones (excluding diaryl/α,β-unsaturated/α-hetero) is 1. The minimum atomic E-state index is -0.494. The number of rotatable bonds is 4. The van der Waals surface area contributed by atoms with Crippen molar-refractivity contribution in [1.29, 1.82) is 0 Å². The van der Waals surface area contributed by atoms with Gasteiger partial charge in [0.15, 0.2) is 0 Å². The van der Waals surface area contributed by atoms with E-state index >= 15 is 0 Å². The number of methoxy groups -OCH3 is 1. The molecule has 0 bridgehead atoms. The predicted molar refractivity (Wildman–Crippen MR) is 49.4 cm³/mol. The van der Waals surface area contributed by atoms with E-state index in [4.69, 9.17) is 0 Å². The summed E-state index contributed by atoms with van der Waals surface area (Å²) in [4.78, 5) is 21.8. The quantitative estimate of drug-likeness (QED) is 0.719. The number of amides is 1. The molecule has 0 aliphatic heterocycles. The van der Waals surface area contributed by atoms with Crippen LogP contribution in [0.15, 0.2) is 0 Å². The van der Waals surface area contributed by atoms with E-state index in [1.165, 1.54) is 14.0 Å². The van der Waals surface area contributed by atoms with E-state index < -0.39 is 6.09 Å². The third-order valence-corrected chi connectivity index (χ3v) is 1.98. The Balaban J connectivity index is 3.97. The highest BCUT2D eigenvalue weighted by Crippen LogP contribution is 2.10. The first kappa shape index (κ1) is 11.9. The van der Waals surface area contributed by atoms with E-state index in [2.05, 4.69) is 10.1 Å². The van der Waals surface area contributed by atoms with Gasteiger partial charge in [-0.3, -0.25) is 4.79 Å². The van der Waals surface area contributed by atoms with Crippen molar-refractivity contribution in [3.63, 3.8) is 0 Å². The highest BCUT2D eigenvalue weighted by molar-refractivity contribution is 5.79. The highest BCUT2D eigenvalue weighted by atomic mass is 16.5. The molecule has 1 amide bonds.